The number of epoxide rings is 1. The first kappa shape index (κ1) is 21.4. The van der Waals surface area contributed by atoms with E-state index in [0.29, 0.717) is 0 Å². The van der Waals surface area contributed by atoms with Crippen molar-refractivity contribution < 1.29 is 4.74 Å². The van der Waals surface area contributed by atoms with Gasteiger partial charge in [-0.3, -0.25) is 0 Å². The first-order valence-electron chi connectivity index (χ1n) is 11.6. The summed E-state index contributed by atoms with van der Waals surface area (Å²) in [5, 5.41) is 0. The van der Waals surface area contributed by atoms with Crippen LogP contribution in [0.4, 0.5) is 0 Å². The summed E-state index contributed by atoms with van der Waals surface area (Å²) in [7, 11) is 0. The van der Waals surface area contributed by atoms with Crippen LogP contribution in [0.2, 0.25) is 0 Å². The van der Waals surface area contributed by atoms with E-state index in [-0.39, 0.29) is 6.10 Å². The molecule has 1 fully saturated rings. The molecule has 0 radical (unpaired) electrons. The molecule has 1 atom stereocenters. The summed E-state index contributed by atoms with van der Waals surface area (Å²) in [5.74, 6) is 0. The fraction of sp³-hybridized carbons (Fsp3) is 0.188. The molecule has 1 nitrogen and oxygen atoms in total. The van der Waals surface area contributed by atoms with Gasteiger partial charge >= 0.3 is 0 Å². The number of rotatable bonds is 5. The van der Waals surface area contributed by atoms with Crippen molar-refractivity contribution in [2.45, 2.75) is 39.4 Å². The zero-order valence-corrected chi connectivity index (χ0v) is 19.8. The molecule has 1 saturated heterocycles. The Bertz CT molecular complexity index is 1180. The summed E-state index contributed by atoms with van der Waals surface area (Å²) in [6, 6.07) is 35.1. The molecular formula is C32H30O. The van der Waals surface area contributed by atoms with E-state index in [2.05, 4.69) is 131 Å². The van der Waals surface area contributed by atoms with Crippen LogP contribution in [0, 0.1) is 27.7 Å². The van der Waals surface area contributed by atoms with Crippen molar-refractivity contribution >= 4 is 5.57 Å². The molecule has 0 aromatic heterocycles. The van der Waals surface area contributed by atoms with Crippen molar-refractivity contribution in [3.63, 3.8) is 0 Å². The summed E-state index contributed by atoms with van der Waals surface area (Å²) in [4.78, 5) is 0. The lowest BCUT2D eigenvalue weighted by Gasteiger charge is -2.15. The van der Waals surface area contributed by atoms with E-state index in [0.717, 1.165) is 0 Å². The number of benzene rings is 4. The maximum absolute atomic E-state index is 6.60. The molecule has 0 amide bonds. The summed E-state index contributed by atoms with van der Waals surface area (Å²) in [6.07, 6.45) is 2.27. The maximum Gasteiger partial charge on any atom is 0.149 e. The van der Waals surface area contributed by atoms with Crippen LogP contribution in [-0.4, -0.2) is 6.10 Å². The molecule has 0 saturated carbocycles. The van der Waals surface area contributed by atoms with Gasteiger partial charge in [-0.2, -0.15) is 0 Å². The van der Waals surface area contributed by atoms with Gasteiger partial charge < -0.3 is 4.74 Å². The van der Waals surface area contributed by atoms with Gasteiger partial charge in [0.2, 0.25) is 0 Å². The lowest BCUT2D eigenvalue weighted by Crippen LogP contribution is -2.14. The quantitative estimate of drug-likeness (QED) is 0.296. The fourth-order valence-electron chi connectivity index (χ4n) is 4.53. The predicted octanol–water partition coefficient (Wildman–Crippen LogP) is 7.69. The molecule has 5 rings (SSSR count). The SMILES string of the molecule is Cc1ccc(C(=CC2OC2(c2ccc(C)cc2)c2ccc(C)cc2)c2ccc(C)cc2)cc1. The van der Waals surface area contributed by atoms with Crippen LogP contribution >= 0.6 is 0 Å². The van der Waals surface area contributed by atoms with Gasteiger partial charge in [-0.1, -0.05) is 119 Å². The van der Waals surface area contributed by atoms with Crippen LogP contribution in [0.25, 0.3) is 5.57 Å². The van der Waals surface area contributed by atoms with Crippen molar-refractivity contribution in [3.05, 3.63) is 148 Å². The summed E-state index contributed by atoms with van der Waals surface area (Å²) in [5.41, 5.74) is 10.6. The maximum atomic E-state index is 6.60. The lowest BCUT2D eigenvalue weighted by molar-refractivity contribution is 0.338. The monoisotopic (exact) mass is 430 g/mol. The zero-order valence-electron chi connectivity index (χ0n) is 19.8. The molecule has 4 aromatic rings. The van der Waals surface area contributed by atoms with Crippen molar-refractivity contribution in [1.82, 2.24) is 0 Å². The first-order valence-corrected chi connectivity index (χ1v) is 11.6. The molecule has 0 N–H and O–H groups in total. The average molecular weight is 431 g/mol. The summed E-state index contributed by atoms with van der Waals surface area (Å²) >= 11 is 0. The second-order valence-corrected chi connectivity index (χ2v) is 9.32. The van der Waals surface area contributed by atoms with Crippen LogP contribution in [0.15, 0.2) is 103 Å². The molecular weight excluding hydrogens is 400 g/mol. The molecule has 33 heavy (non-hydrogen) atoms. The molecule has 1 heterocycles. The minimum atomic E-state index is -0.456. The number of aryl methyl sites for hydroxylation is 4. The molecule has 0 spiro atoms. The Hall–Kier alpha value is -3.42. The summed E-state index contributed by atoms with van der Waals surface area (Å²) < 4.78 is 6.60. The highest BCUT2D eigenvalue weighted by Gasteiger charge is 2.58. The van der Waals surface area contributed by atoms with Gasteiger partial charge in [-0.25, -0.2) is 0 Å². The molecule has 1 unspecified atom stereocenters. The third-order valence-electron chi connectivity index (χ3n) is 6.66. The molecule has 4 aromatic carbocycles. The smallest absolute Gasteiger partial charge is 0.149 e. The Labute approximate surface area is 197 Å². The van der Waals surface area contributed by atoms with Crippen molar-refractivity contribution in [2.75, 3.05) is 0 Å². The van der Waals surface area contributed by atoms with Crippen LogP contribution in [0.1, 0.15) is 44.5 Å². The lowest BCUT2D eigenvalue weighted by atomic mass is 9.85. The summed E-state index contributed by atoms with van der Waals surface area (Å²) in [6.45, 7) is 8.51. The Morgan fingerprint density at radius 2 is 0.879 bits per heavy atom. The normalized spacial score (nSPS) is 16.3. The van der Waals surface area contributed by atoms with Crippen LogP contribution < -0.4 is 0 Å². The van der Waals surface area contributed by atoms with Gasteiger partial charge in [-0.05, 0) is 61.6 Å². The van der Waals surface area contributed by atoms with Crippen LogP contribution in [0.3, 0.4) is 0 Å². The van der Waals surface area contributed by atoms with Gasteiger partial charge in [0, 0.05) is 0 Å². The van der Waals surface area contributed by atoms with Crippen molar-refractivity contribution in [2.24, 2.45) is 0 Å². The Balaban J connectivity index is 1.63. The molecule has 1 heteroatoms. The molecule has 164 valence electrons. The fourth-order valence-corrected chi connectivity index (χ4v) is 4.53. The molecule has 1 aliphatic rings. The van der Waals surface area contributed by atoms with Crippen LogP contribution in [0.5, 0.6) is 0 Å². The molecule has 0 bridgehead atoms. The van der Waals surface area contributed by atoms with Crippen molar-refractivity contribution in [3.8, 4) is 0 Å². The predicted molar refractivity (Wildman–Crippen MR) is 137 cm³/mol. The highest BCUT2D eigenvalue weighted by Crippen LogP contribution is 2.53. The van der Waals surface area contributed by atoms with E-state index >= 15 is 0 Å². The average Bonchev–Trinajstić information content (AvgIpc) is 3.55. The Morgan fingerprint density at radius 3 is 1.24 bits per heavy atom. The van der Waals surface area contributed by atoms with Gasteiger partial charge in [0.05, 0.1) is 0 Å². The van der Waals surface area contributed by atoms with E-state index in [4.69, 9.17) is 4.74 Å². The highest BCUT2D eigenvalue weighted by atomic mass is 16.6. The van der Waals surface area contributed by atoms with Crippen molar-refractivity contribution in [1.29, 1.82) is 0 Å². The Morgan fingerprint density at radius 1 is 0.545 bits per heavy atom. The molecule has 1 aliphatic heterocycles. The number of ether oxygens (including phenoxy) is 1. The number of hydrogen-bond acceptors (Lipinski definition) is 1. The third-order valence-corrected chi connectivity index (χ3v) is 6.66. The minimum absolute atomic E-state index is 0.0412. The second-order valence-electron chi connectivity index (χ2n) is 9.32. The number of hydrogen-bond donors (Lipinski definition) is 0. The second kappa shape index (κ2) is 8.50. The highest BCUT2D eigenvalue weighted by molar-refractivity contribution is 5.81. The standard InChI is InChI=1S/C32H30O/c1-22-5-13-26(14-6-22)30(27-15-7-23(2)8-16-27)21-31-32(33-31,28-17-9-24(3)10-18-28)29-19-11-25(4)12-20-29/h5-21,31H,1-4H3. The van der Waals surface area contributed by atoms with E-state index in [1.165, 1.54) is 50.1 Å². The largest absolute Gasteiger partial charge is 0.351 e. The third kappa shape index (κ3) is 4.17. The topological polar surface area (TPSA) is 12.5 Å². The zero-order chi connectivity index (χ0) is 23.0. The minimum Gasteiger partial charge on any atom is -0.351 e. The van der Waals surface area contributed by atoms with E-state index < -0.39 is 5.60 Å². The van der Waals surface area contributed by atoms with E-state index in [1.807, 2.05) is 0 Å². The van der Waals surface area contributed by atoms with Gasteiger partial charge in [0.15, 0.2) is 0 Å². The van der Waals surface area contributed by atoms with Gasteiger partial charge in [0.1, 0.15) is 11.7 Å². The van der Waals surface area contributed by atoms with Crippen LogP contribution in [-0.2, 0) is 10.3 Å². The Kier molecular flexibility index (Phi) is 5.52. The van der Waals surface area contributed by atoms with Gasteiger partial charge in [-0.15, -0.1) is 0 Å². The van der Waals surface area contributed by atoms with E-state index in [1.54, 1.807) is 0 Å². The first-order chi connectivity index (χ1) is 16.0. The molecule has 0 aliphatic carbocycles. The van der Waals surface area contributed by atoms with Gasteiger partial charge in [0.25, 0.3) is 0 Å². The van der Waals surface area contributed by atoms with E-state index in [9.17, 15) is 0 Å².